The van der Waals surface area contributed by atoms with E-state index in [1.54, 1.807) is 6.20 Å². The minimum Gasteiger partial charge on any atom is -0.370 e. The van der Waals surface area contributed by atoms with Crippen molar-refractivity contribution in [2.75, 3.05) is 6.61 Å². The lowest BCUT2D eigenvalue weighted by Gasteiger charge is -2.26. The Kier molecular flexibility index (Phi) is 4.19. The summed E-state index contributed by atoms with van der Waals surface area (Å²) in [5.41, 5.74) is 4.35. The zero-order valence-corrected chi connectivity index (χ0v) is 14.6. The van der Waals surface area contributed by atoms with Gasteiger partial charge in [0.25, 0.3) is 0 Å². The fourth-order valence-corrected chi connectivity index (χ4v) is 4.33. The van der Waals surface area contributed by atoms with Gasteiger partial charge >= 0.3 is 0 Å². The van der Waals surface area contributed by atoms with Crippen molar-refractivity contribution < 1.29 is 4.74 Å². The van der Waals surface area contributed by atoms with Gasteiger partial charge in [-0.05, 0) is 48.3 Å². The Morgan fingerprint density at radius 1 is 1.21 bits per heavy atom. The molecule has 0 bridgehead atoms. The number of hydrogen-bond donors (Lipinski definition) is 2. The van der Waals surface area contributed by atoms with Crippen molar-refractivity contribution >= 4 is 0 Å². The number of aromatic amines is 1. The van der Waals surface area contributed by atoms with Crippen LogP contribution in [0.15, 0.2) is 36.5 Å². The molecule has 4 rings (SSSR count). The van der Waals surface area contributed by atoms with Gasteiger partial charge in [-0.25, -0.2) is 0 Å². The molecule has 1 saturated heterocycles. The molecule has 1 aliphatic heterocycles. The summed E-state index contributed by atoms with van der Waals surface area (Å²) in [5, 5.41) is 11.1. The van der Waals surface area contributed by atoms with Gasteiger partial charge in [0.05, 0.1) is 5.69 Å². The van der Waals surface area contributed by atoms with E-state index in [-0.39, 0.29) is 11.5 Å². The normalized spacial score (nSPS) is 29.2. The number of hydrogen-bond acceptors (Lipinski definition) is 3. The Morgan fingerprint density at radius 2 is 2.08 bits per heavy atom. The number of nitrogens with zero attached hydrogens (tertiary/aromatic N) is 1. The lowest BCUT2D eigenvalue weighted by molar-refractivity contribution is 0.0925. The van der Waals surface area contributed by atoms with Crippen molar-refractivity contribution in [1.29, 1.82) is 0 Å². The quantitative estimate of drug-likeness (QED) is 0.849. The van der Waals surface area contributed by atoms with E-state index in [4.69, 9.17) is 4.74 Å². The molecule has 2 heterocycles. The van der Waals surface area contributed by atoms with Gasteiger partial charge in [-0.15, -0.1) is 0 Å². The number of rotatable bonds is 3. The second kappa shape index (κ2) is 6.34. The number of aromatic nitrogens is 2. The van der Waals surface area contributed by atoms with E-state index in [0.29, 0.717) is 12.1 Å². The molecular weight excluding hydrogens is 298 g/mol. The number of H-pyrrole nitrogens is 1. The van der Waals surface area contributed by atoms with E-state index in [9.17, 15) is 0 Å². The van der Waals surface area contributed by atoms with E-state index in [0.717, 1.165) is 25.1 Å². The fourth-order valence-electron chi connectivity index (χ4n) is 4.33. The summed E-state index contributed by atoms with van der Waals surface area (Å²) in [4.78, 5) is 0. The van der Waals surface area contributed by atoms with Gasteiger partial charge in [-0.1, -0.05) is 38.1 Å². The van der Waals surface area contributed by atoms with Gasteiger partial charge in [0, 0.05) is 24.9 Å². The highest BCUT2D eigenvalue weighted by molar-refractivity contribution is 5.35. The summed E-state index contributed by atoms with van der Waals surface area (Å²) in [6.07, 6.45) is 6.48. The Morgan fingerprint density at radius 3 is 2.92 bits per heavy atom. The van der Waals surface area contributed by atoms with Crippen LogP contribution >= 0.6 is 0 Å². The number of fused-ring (bicyclic) bond motifs is 1. The molecule has 0 amide bonds. The van der Waals surface area contributed by atoms with Crippen LogP contribution in [0.4, 0.5) is 0 Å². The van der Waals surface area contributed by atoms with E-state index < -0.39 is 0 Å². The summed E-state index contributed by atoms with van der Waals surface area (Å²) >= 11 is 0. The molecule has 0 spiro atoms. The average Bonchev–Trinajstić information content (AvgIpc) is 3.21. The van der Waals surface area contributed by atoms with Gasteiger partial charge in [0.15, 0.2) is 0 Å². The van der Waals surface area contributed by atoms with Gasteiger partial charge in [0.1, 0.15) is 6.10 Å². The lowest BCUT2D eigenvalue weighted by atomic mass is 9.80. The minimum absolute atomic E-state index is 0.0963. The van der Waals surface area contributed by atoms with Crippen molar-refractivity contribution in [1.82, 2.24) is 15.5 Å². The molecule has 24 heavy (non-hydrogen) atoms. The maximum Gasteiger partial charge on any atom is 0.114 e. The van der Waals surface area contributed by atoms with Crippen LogP contribution in [-0.2, 0) is 16.6 Å². The largest absolute Gasteiger partial charge is 0.370 e. The first-order valence-corrected chi connectivity index (χ1v) is 9.09. The molecule has 1 aliphatic carbocycles. The zero-order chi connectivity index (χ0) is 16.6. The van der Waals surface area contributed by atoms with Crippen molar-refractivity contribution in [2.24, 2.45) is 0 Å². The molecule has 1 aromatic carbocycles. The van der Waals surface area contributed by atoms with Crippen molar-refractivity contribution in [2.45, 2.75) is 63.1 Å². The maximum atomic E-state index is 5.96. The van der Waals surface area contributed by atoms with Gasteiger partial charge in [-0.2, -0.15) is 5.10 Å². The van der Waals surface area contributed by atoms with Crippen LogP contribution in [0.1, 0.15) is 56.0 Å². The van der Waals surface area contributed by atoms with E-state index in [1.807, 2.05) is 6.07 Å². The SMILES string of the molecule is CC1(C)CCC(N[C@@H]2CCO[C@H]2c2ccn[nH]2)Cc2ccccc21. The second-order valence-electron chi connectivity index (χ2n) is 7.85. The average molecular weight is 325 g/mol. The minimum atomic E-state index is 0.0963. The molecule has 1 unspecified atom stereocenters. The lowest BCUT2D eigenvalue weighted by Crippen LogP contribution is -2.41. The van der Waals surface area contributed by atoms with Crippen molar-refractivity contribution in [3.05, 3.63) is 53.3 Å². The number of nitrogens with one attached hydrogen (secondary N) is 2. The van der Waals surface area contributed by atoms with Gasteiger partial charge < -0.3 is 10.1 Å². The summed E-state index contributed by atoms with van der Waals surface area (Å²) in [6, 6.07) is 11.8. The predicted octanol–water partition coefficient (Wildman–Crippen LogP) is 3.51. The molecule has 1 aromatic heterocycles. The highest BCUT2D eigenvalue weighted by Gasteiger charge is 2.34. The van der Waals surface area contributed by atoms with E-state index in [1.165, 1.54) is 24.0 Å². The predicted molar refractivity (Wildman–Crippen MR) is 95.0 cm³/mol. The van der Waals surface area contributed by atoms with E-state index >= 15 is 0 Å². The second-order valence-corrected chi connectivity index (χ2v) is 7.85. The third-order valence-electron chi connectivity index (χ3n) is 5.70. The van der Waals surface area contributed by atoms with Crippen molar-refractivity contribution in [3.63, 3.8) is 0 Å². The van der Waals surface area contributed by atoms with Crippen molar-refractivity contribution in [3.8, 4) is 0 Å². The summed E-state index contributed by atoms with van der Waals surface area (Å²) in [6.45, 7) is 5.57. The van der Waals surface area contributed by atoms with Crippen LogP contribution in [0.2, 0.25) is 0 Å². The zero-order valence-electron chi connectivity index (χ0n) is 14.6. The van der Waals surface area contributed by atoms with Gasteiger partial charge in [0.2, 0.25) is 0 Å². The molecule has 1 fully saturated rings. The van der Waals surface area contributed by atoms with Crippen LogP contribution in [-0.4, -0.2) is 28.9 Å². The van der Waals surface area contributed by atoms with Crippen LogP contribution < -0.4 is 5.32 Å². The Hall–Kier alpha value is -1.65. The molecule has 0 radical (unpaired) electrons. The van der Waals surface area contributed by atoms with Crippen LogP contribution in [0, 0.1) is 0 Å². The molecule has 2 aliphatic rings. The topological polar surface area (TPSA) is 49.9 Å². The molecule has 128 valence electrons. The molecule has 4 heteroatoms. The first kappa shape index (κ1) is 15.9. The third kappa shape index (κ3) is 3.01. The van der Waals surface area contributed by atoms with Crippen LogP contribution in [0.3, 0.4) is 0 Å². The molecule has 0 saturated carbocycles. The van der Waals surface area contributed by atoms with Gasteiger partial charge in [-0.3, -0.25) is 5.10 Å². The molecule has 3 atom stereocenters. The van der Waals surface area contributed by atoms with Crippen LogP contribution in [0.5, 0.6) is 0 Å². The summed E-state index contributed by atoms with van der Waals surface area (Å²) in [5.74, 6) is 0. The molecule has 4 nitrogen and oxygen atoms in total. The Labute approximate surface area is 144 Å². The third-order valence-corrected chi connectivity index (χ3v) is 5.70. The van der Waals surface area contributed by atoms with E-state index in [2.05, 4.69) is 53.6 Å². The first-order valence-electron chi connectivity index (χ1n) is 9.09. The monoisotopic (exact) mass is 325 g/mol. The first-order chi connectivity index (χ1) is 11.6. The fraction of sp³-hybridized carbons (Fsp3) is 0.550. The Bertz CT molecular complexity index is 680. The molecular formula is C20H27N3O. The number of ether oxygens (including phenoxy) is 1. The highest BCUT2D eigenvalue weighted by atomic mass is 16.5. The number of benzene rings is 1. The smallest absolute Gasteiger partial charge is 0.114 e. The maximum absolute atomic E-state index is 5.96. The molecule has 2 N–H and O–H groups in total. The highest BCUT2D eigenvalue weighted by Crippen LogP contribution is 2.36. The molecule has 2 aromatic rings. The Balaban J connectivity index is 1.52. The van der Waals surface area contributed by atoms with Crippen LogP contribution in [0.25, 0.3) is 0 Å². The summed E-state index contributed by atoms with van der Waals surface area (Å²) < 4.78 is 5.96. The standard InChI is InChI=1S/C20H27N3O/c1-20(2)10-7-15(13-14-5-3-4-6-16(14)20)22-17-9-12-24-19(17)18-8-11-21-23-18/h3-6,8,11,15,17,19,22H,7,9-10,12-13H2,1-2H3,(H,21,23)/t15?,17-,19-/m1/s1. The summed E-state index contributed by atoms with van der Waals surface area (Å²) in [7, 11) is 0.